The van der Waals surface area contributed by atoms with Gasteiger partial charge in [0.1, 0.15) is 5.82 Å². The molecule has 0 saturated heterocycles. The summed E-state index contributed by atoms with van der Waals surface area (Å²) in [6.07, 6.45) is 11.4. The maximum Gasteiger partial charge on any atom is 0.123 e. The Bertz CT molecular complexity index is 1070. The van der Waals surface area contributed by atoms with Gasteiger partial charge in [0.25, 0.3) is 0 Å². The molecule has 0 spiro atoms. The molecule has 220 valence electrons. The van der Waals surface area contributed by atoms with Crippen molar-refractivity contribution in [3.63, 3.8) is 0 Å². The minimum absolute atomic E-state index is 0.133. The highest BCUT2D eigenvalue weighted by Gasteiger charge is 2.02. The smallest absolute Gasteiger partial charge is 0.123 e. The molecule has 0 saturated carbocycles. The average molecular weight is 547 g/mol. The van der Waals surface area contributed by atoms with Gasteiger partial charge in [-0.15, -0.1) is 6.58 Å². The molecule has 0 amide bonds. The Morgan fingerprint density at radius 2 is 1.50 bits per heavy atom. The number of nitriles is 1. The first-order valence-corrected chi connectivity index (χ1v) is 14.3. The summed E-state index contributed by atoms with van der Waals surface area (Å²) in [5.41, 5.74) is 12.1. The van der Waals surface area contributed by atoms with Crippen LogP contribution in [0, 0.1) is 17.1 Å². The van der Waals surface area contributed by atoms with Crippen LogP contribution in [-0.4, -0.2) is 6.54 Å². The predicted octanol–water partition coefficient (Wildman–Crippen LogP) is 11.2. The third kappa shape index (κ3) is 22.5. The van der Waals surface area contributed by atoms with Gasteiger partial charge < -0.3 is 5.73 Å². The zero-order valence-electron chi connectivity index (χ0n) is 26.6. The highest BCUT2D eigenvalue weighted by Crippen LogP contribution is 2.20. The Morgan fingerprint density at radius 1 is 0.925 bits per heavy atom. The molecule has 0 aliphatic carbocycles. The Morgan fingerprint density at radius 3 is 1.93 bits per heavy atom. The second-order valence-corrected chi connectivity index (χ2v) is 9.01. The summed E-state index contributed by atoms with van der Waals surface area (Å²) in [5, 5.41) is 9.10. The van der Waals surface area contributed by atoms with Crippen molar-refractivity contribution in [2.45, 2.75) is 87.5 Å². The zero-order chi connectivity index (χ0) is 31.3. The van der Waals surface area contributed by atoms with Crippen molar-refractivity contribution < 1.29 is 4.39 Å². The molecule has 2 aromatic rings. The second kappa shape index (κ2) is 28.5. The molecule has 2 aromatic carbocycles. The monoisotopic (exact) mass is 546 g/mol. The van der Waals surface area contributed by atoms with Crippen molar-refractivity contribution in [3.05, 3.63) is 126 Å². The van der Waals surface area contributed by atoms with E-state index in [1.165, 1.54) is 18.9 Å². The predicted molar refractivity (Wildman–Crippen MR) is 179 cm³/mol. The van der Waals surface area contributed by atoms with E-state index in [0.717, 1.165) is 52.7 Å². The number of hydrogen-bond donors (Lipinski definition) is 1. The highest BCUT2D eigenvalue weighted by atomic mass is 19.1. The third-order valence-corrected chi connectivity index (χ3v) is 5.20. The van der Waals surface area contributed by atoms with Crippen molar-refractivity contribution >= 4 is 5.57 Å². The minimum Gasteiger partial charge on any atom is -0.327 e. The molecule has 0 aliphatic heterocycles. The van der Waals surface area contributed by atoms with Crippen molar-refractivity contribution in [3.8, 4) is 6.07 Å². The Kier molecular flexibility index (Phi) is 29.2. The maximum atomic E-state index is 12.5. The van der Waals surface area contributed by atoms with E-state index in [1.54, 1.807) is 12.1 Å². The lowest BCUT2D eigenvalue weighted by Gasteiger charge is -2.05. The summed E-state index contributed by atoms with van der Waals surface area (Å²) in [4.78, 5) is 0. The summed E-state index contributed by atoms with van der Waals surface area (Å²) >= 11 is 0. The van der Waals surface area contributed by atoms with Gasteiger partial charge >= 0.3 is 0 Å². The summed E-state index contributed by atoms with van der Waals surface area (Å²) in [6, 6.07) is 16.6. The van der Waals surface area contributed by atoms with E-state index in [-0.39, 0.29) is 5.82 Å². The standard InChI is InChI=1S/C18H19N.C9H11F.C4H9N.C4H10.C2H6/c1-5-8-16(14(2)3)12-11-15(4)18-10-7-6-9-17(18)13-19;1-2-4-8-5-3-6-9(10)7-8;1-4(2)3-5;1-3-4-2;1-2/h5-7,9-12H,1-2,8H2,3-4H3;3,5-7H,2,4H2,1H3;1,3,5H2,2H3;3-4H2,1-2H3;1-2H3/b15-11+,16-12-;;;;. The molecule has 0 radical (unpaired) electrons. The van der Waals surface area contributed by atoms with E-state index < -0.39 is 0 Å². The van der Waals surface area contributed by atoms with Gasteiger partial charge in [0.15, 0.2) is 0 Å². The molecule has 0 aliphatic rings. The molecular weight excluding hydrogens is 491 g/mol. The number of unbranched alkanes of at least 4 members (excludes halogenated alkanes) is 1. The minimum atomic E-state index is -0.133. The number of rotatable bonds is 9. The molecule has 40 heavy (non-hydrogen) atoms. The van der Waals surface area contributed by atoms with Gasteiger partial charge in [-0.25, -0.2) is 4.39 Å². The normalized spacial score (nSPS) is 9.93. The van der Waals surface area contributed by atoms with E-state index in [0.29, 0.717) is 12.1 Å². The molecule has 0 aromatic heterocycles. The topological polar surface area (TPSA) is 49.8 Å². The molecule has 3 heteroatoms. The summed E-state index contributed by atoms with van der Waals surface area (Å²) in [5.74, 6) is -0.133. The van der Waals surface area contributed by atoms with Crippen LogP contribution in [0.15, 0.2) is 103 Å². The first-order valence-electron chi connectivity index (χ1n) is 14.3. The first kappa shape index (κ1) is 41.0. The quantitative estimate of drug-likeness (QED) is 0.251. The van der Waals surface area contributed by atoms with Crippen LogP contribution < -0.4 is 5.73 Å². The number of halogens is 1. The van der Waals surface area contributed by atoms with E-state index in [2.05, 4.69) is 46.6 Å². The van der Waals surface area contributed by atoms with E-state index in [4.69, 9.17) is 11.0 Å². The lowest BCUT2D eigenvalue weighted by molar-refractivity contribution is 0.625. The lowest BCUT2D eigenvalue weighted by atomic mass is 9.99. The van der Waals surface area contributed by atoms with Crippen LogP contribution in [0.2, 0.25) is 0 Å². The van der Waals surface area contributed by atoms with Crippen LogP contribution in [0.5, 0.6) is 0 Å². The van der Waals surface area contributed by atoms with Gasteiger partial charge in [0.05, 0.1) is 11.6 Å². The Balaban J connectivity index is -0.000000541. The number of allylic oxidation sites excluding steroid dienone is 6. The molecule has 0 heterocycles. The molecular formula is C37H55FN2. The van der Waals surface area contributed by atoms with Crippen LogP contribution in [-0.2, 0) is 6.42 Å². The van der Waals surface area contributed by atoms with E-state index in [9.17, 15) is 4.39 Å². The summed E-state index contributed by atoms with van der Waals surface area (Å²) < 4.78 is 12.5. The molecule has 2 N–H and O–H groups in total. The van der Waals surface area contributed by atoms with Gasteiger partial charge in [-0.3, -0.25) is 0 Å². The number of benzene rings is 2. The molecule has 2 rings (SSSR count). The van der Waals surface area contributed by atoms with Crippen molar-refractivity contribution in [1.82, 2.24) is 0 Å². The average Bonchev–Trinajstić information content (AvgIpc) is 2.97. The van der Waals surface area contributed by atoms with E-state index >= 15 is 0 Å². The summed E-state index contributed by atoms with van der Waals surface area (Å²) in [7, 11) is 0. The van der Waals surface area contributed by atoms with Crippen molar-refractivity contribution in [2.24, 2.45) is 5.73 Å². The fraction of sp³-hybridized carbons (Fsp3) is 0.378. The SMILES string of the molecule is C=C(C)CN.C=CC/C(=C/C=C(\C)c1ccccc1C#N)C(=C)C.CC.CCCC.CCCc1cccc(F)c1. The molecule has 0 bridgehead atoms. The fourth-order valence-electron chi connectivity index (χ4n) is 2.76. The van der Waals surface area contributed by atoms with Gasteiger partial charge in [-0.2, -0.15) is 5.26 Å². The first-order chi connectivity index (χ1) is 19.1. The van der Waals surface area contributed by atoms with Crippen molar-refractivity contribution in [2.75, 3.05) is 6.54 Å². The van der Waals surface area contributed by atoms with Crippen LogP contribution in [0.4, 0.5) is 4.39 Å². The van der Waals surface area contributed by atoms with Gasteiger partial charge in [0.2, 0.25) is 0 Å². The Labute approximate surface area is 246 Å². The number of nitrogens with two attached hydrogens (primary N) is 1. The highest BCUT2D eigenvalue weighted by molar-refractivity contribution is 5.70. The number of aryl methyl sites for hydroxylation is 1. The largest absolute Gasteiger partial charge is 0.327 e. The fourth-order valence-corrected chi connectivity index (χ4v) is 2.76. The van der Waals surface area contributed by atoms with E-state index in [1.807, 2.05) is 83.2 Å². The van der Waals surface area contributed by atoms with Gasteiger partial charge in [0, 0.05) is 6.54 Å². The summed E-state index contributed by atoms with van der Waals surface area (Å²) in [6.45, 7) is 28.2. The zero-order valence-corrected chi connectivity index (χ0v) is 26.6. The maximum absolute atomic E-state index is 12.5. The van der Waals surface area contributed by atoms with Crippen LogP contribution in [0.25, 0.3) is 5.57 Å². The second-order valence-electron chi connectivity index (χ2n) is 9.01. The van der Waals surface area contributed by atoms with Crippen LogP contribution in [0.3, 0.4) is 0 Å². The van der Waals surface area contributed by atoms with Gasteiger partial charge in [-0.05, 0) is 74.1 Å². The number of hydrogen-bond acceptors (Lipinski definition) is 2. The number of nitrogens with zero attached hydrogens (tertiary/aromatic N) is 1. The molecule has 0 atom stereocenters. The Hall–Kier alpha value is -3.48. The van der Waals surface area contributed by atoms with Crippen LogP contribution >= 0.6 is 0 Å². The van der Waals surface area contributed by atoms with Crippen molar-refractivity contribution in [1.29, 1.82) is 5.26 Å². The lowest BCUT2D eigenvalue weighted by Crippen LogP contribution is -1.97. The molecule has 0 unspecified atom stereocenters. The van der Waals surface area contributed by atoms with Gasteiger partial charge in [-0.1, -0.05) is 127 Å². The molecule has 0 fully saturated rings. The van der Waals surface area contributed by atoms with Crippen LogP contribution in [0.1, 0.15) is 97.8 Å². The molecule has 2 nitrogen and oxygen atoms in total. The third-order valence-electron chi connectivity index (χ3n) is 5.20.